The van der Waals surface area contributed by atoms with E-state index in [4.69, 9.17) is 21.1 Å². The Balaban J connectivity index is 1.88. The van der Waals surface area contributed by atoms with Crippen LogP contribution < -0.4 is 0 Å². The minimum atomic E-state index is -3.94. The van der Waals surface area contributed by atoms with Crippen LogP contribution in [0.15, 0.2) is 88.8 Å². The van der Waals surface area contributed by atoms with Crippen LogP contribution in [0.5, 0.6) is 0 Å². The van der Waals surface area contributed by atoms with Crippen molar-refractivity contribution in [1.29, 1.82) is 0 Å². The summed E-state index contributed by atoms with van der Waals surface area (Å²) in [7, 11) is -1.52. The monoisotopic (exact) mass is 571 g/mol. The highest BCUT2D eigenvalue weighted by atomic mass is 35.5. The molecule has 1 unspecified atom stereocenters. The van der Waals surface area contributed by atoms with Crippen molar-refractivity contribution in [3.8, 4) is 0 Å². The maximum atomic E-state index is 13.7. The van der Waals surface area contributed by atoms with Gasteiger partial charge in [0.2, 0.25) is 0 Å². The van der Waals surface area contributed by atoms with E-state index in [0.29, 0.717) is 21.5 Å². The Bertz CT molecular complexity index is 1550. The number of nitrogens with zero attached hydrogens (tertiary/aromatic N) is 1. The number of hydrogen-bond acceptors (Lipinski definition) is 7. The molecule has 38 heavy (non-hydrogen) atoms. The molecule has 1 atom stereocenters. The van der Waals surface area contributed by atoms with Crippen molar-refractivity contribution in [2.75, 3.05) is 14.2 Å². The number of aryl methyl sites for hydroxylation is 1. The molecule has 0 aliphatic heterocycles. The summed E-state index contributed by atoms with van der Waals surface area (Å²) in [5.41, 5.74) is 2.07. The Morgan fingerprint density at radius 3 is 2.13 bits per heavy atom. The number of benzene rings is 3. The fourth-order valence-corrected chi connectivity index (χ4v) is 6.89. The smallest absolute Gasteiger partial charge is 0.320 e. The van der Waals surface area contributed by atoms with Crippen molar-refractivity contribution in [2.24, 2.45) is 5.92 Å². The lowest BCUT2D eigenvalue weighted by atomic mass is 9.98. The van der Waals surface area contributed by atoms with Gasteiger partial charge in [-0.25, -0.2) is 12.4 Å². The Morgan fingerprint density at radius 2 is 1.53 bits per heavy atom. The molecule has 1 aromatic heterocycles. The molecule has 0 bridgehead atoms. The zero-order valence-electron chi connectivity index (χ0n) is 21.0. The average Bonchev–Trinajstić information content (AvgIpc) is 3.32. The second-order valence-electron chi connectivity index (χ2n) is 8.61. The summed E-state index contributed by atoms with van der Waals surface area (Å²) in [6, 6.07) is 20.9. The first-order valence-corrected chi connectivity index (χ1v) is 14.4. The van der Waals surface area contributed by atoms with Crippen molar-refractivity contribution >= 4 is 56.2 Å². The Morgan fingerprint density at radius 1 is 0.921 bits per heavy atom. The van der Waals surface area contributed by atoms with E-state index in [1.165, 1.54) is 30.0 Å². The van der Waals surface area contributed by atoms with Crippen molar-refractivity contribution in [2.45, 2.75) is 28.4 Å². The number of aromatic nitrogens is 1. The molecule has 0 aliphatic carbocycles. The number of carbonyl (C=O) groups is 2. The van der Waals surface area contributed by atoms with Crippen LogP contribution >= 0.6 is 23.4 Å². The predicted octanol–water partition coefficient (Wildman–Crippen LogP) is 6.03. The van der Waals surface area contributed by atoms with Crippen LogP contribution in [-0.2, 0) is 29.1 Å². The van der Waals surface area contributed by atoms with Gasteiger partial charge >= 0.3 is 11.9 Å². The first kappa shape index (κ1) is 27.8. The molecular weight excluding hydrogens is 546 g/mol. The molecule has 4 rings (SSSR count). The first-order valence-electron chi connectivity index (χ1n) is 11.7. The predicted molar refractivity (Wildman–Crippen MR) is 148 cm³/mol. The minimum absolute atomic E-state index is 0.0191. The van der Waals surface area contributed by atoms with Gasteiger partial charge in [-0.05, 0) is 61.4 Å². The molecule has 4 aromatic rings. The number of thioether (sulfide) groups is 1. The van der Waals surface area contributed by atoms with Crippen LogP contribution in [0.2, 0.25) is 5.02 Å². The molecule has 0 saturated heterocycles. The van der Waals surface area contributed by atoms with Gasteiger partial charge in [-0.1, -0.05) is 47.5 Å². The molecule has 0 fully saturated rings. The molecule has 0 spiro atoms. The lowest BCUT2D eigenvalue weighted by Gasteiger charge is -2.20. The molecule has 0 aliphatic rings. The Labute approximate surface area is 230 Å². The topological polar surface area (TPSA) is 91.7 Å². The number of methoxy groups -OCH3 is 2. The van der Waals surface area contributed by atoms with Gasteiger partial charge in [-0.15, -0.1) is 11.8 Å². The van der Waals surface area contributed by atoms with Crippen LogP contribution in [0.3, 0.4) is 0 Å². The highest BCUT2D eigenvalue weighted by Gasteiger charge is 2.34. The normalized spacial score (nSPS) is 12.4. The number of halogens is 1. The number of para-hydroxylation sites is 1. The summed E-state index contributed by atoms with van der Waals surface area (Å²) in [6.45, 7) is 1.89. The van der Waals surface area contributed by atoms with E-state index in [1.807, 2.05) is 31.2 Å². The summed E-state index contributed by atoms with van der Waals surface area (Å²) in [5.74, 6) is -2.66. The van der Waals surface area contributed by atoms with Gasteiger partial charge in [0.1, 0.15) is 0 Å². The minimum Gasteiger partial charge on any atom is -0.468 e. The Kier molecular flexibility index (Phi) is 8.50. The van der Waals surface area contributed by atoms with Gasteiger partial charge in [0.15, 0.2) is 5.92 Å². The van der Waals surface area contributed by atoms with Crippen LogP contribution in [0.25, 0.3) is 10.9 Å². The van der Waals surface area contributed by atoms with Crippen molar-refractivity contribution in [3.05, 3.63) is 95.1 Å². The second kappa shape index (κ2) is 11.6. The first-order chi connectivity index (χ1) is 18.1. The number of esters is 2. The van der Waals surface area contributed by atoms with E-state index in [-0.39, 0.29) is 11.3 Å². The molecule has 1 heterocycles. The molecule has 0 N–H and O–H groups in total. The summed E-state index contributed by atoms with van der Waals surface area (Å²) >= 11 is 7.46. The van der Waals surface area contributed by atoms with Crippen LogP contribution in [0, 0.1) is 12.8 Å². The maximum absolute atomic E-state index is 13.7. The molecule has 0 radical (unpaired) electrons. The third kappa shape index (κ3) is 5.75. The van der Waals surface area contributed by atoms with Crippen LogP contribution in [-0.4, -0.2) is 38.5 Å². The molecule has 0 saturated carbocycles. The maximum Gasteiger partial charge on any atom is 0.320 e. The molecule has 10 heteroatoms. The van der Waals surface area contributed by atoms with E-state index < -0.39 is 33.1 Å². The Hall–Kier alpha value is -3.27. The van der Waals surface area contributed by atoms with E-state index in [0.717, 1.165) is 10.5 Å². The van der Waals surface area contributed by atoms with Crippen molar-refractivity contribution in [3.63, 3.8) is 0 Å². The van der Waals surface area contributed by atoms with E-state index in [9.17, 15) is 18.0 Å². The van der Waals surface area contributed by atoms with Crippen LogP contribution in [0.1, 0.15) is 22.8 Å². The largest absolute Gasteiger partial charge is 0.468 e. The number of hydrogen-bond donors (Lipinski definition) is 0. The standard InChI is InChI=1S/C28H26ClNO6S2/c1-18-8-14-21(15-9-18)38(33,34)30-17-24(22-6-4-5-7-25(22)30)26(37-20-12-10-19(29)11-13-20)16-23(27(31)35-2)28(32)36-3/h4-15,17,23,26H,16H2,1-3H3. The lowest BCUT2D eigenvalue weighted by Crippen LogP contribution is -2.27. The molecule has 0 amide bonds. The lowest BCUT2D eigenvalue weighted by molar-refractivity contribution is -0.159. The third-order valence-corrected chi connectivity index (χ3v) is 9.36. The summed E-state index contributed by atoms with van der Waals surface area (Å²) in [5, 5.41) is 0.732. The third-order valence-electron chi connectivity index (χ3n) is 6.15. The van der Waals surface area contributed by atoms with Crippen molar-refractivity contribution < 1.29 is 27.5 Å². The van der Waals surface area contributed by atoms with Gasteiger partial charge in [0.25, 0.3) is 10.0 Å². The quantitative estimate of drug-likeness (QED) is 0.138. The molecule has 3 aromatic carbocycles. The van der Waals surface area contributed by atoms with E-state index in [2.05, 4.69) is 0 Å². The van der Waals surface area contributed by atoms with E-state index >= 15 is 0 Å². The van der Waals surface area contributed by atoms with Crippen LogP contribution in [0.4, 0.5) is 0 Å². The highest BCUT2D eigenvalue weighted by molar-refractivity contribution is 7.99. The molecular formula is C28H26ClNO6S2. The van der Waals surface area contributed by atoms with Gasteiger partial charge in [0.05, 0.1) is 24.6 Å². The zero-order valence-corrected chi connectivity index (χ0v) is 23.3. The average molecular weight is 572 g/mol. The summed E-state index contributed by atoms with van der Waals surface area (Å²) in [6.07, 6.45) is 1.59. The van der Waals surface area contributed by atoms with Gasteiger partial charge < -0.3 is 9.47 Å². The number of rotatable bonds is 9. The zero-order chi connectivity index (χ0) is 27.4. The summed E-state index contributed by atoms with van der Waals surface area (Å²) in [4.78, 5) is 26.1. The number of ether oxygens (including phenoxy) is 2. The molecule has 7 nitrogen and oxygen atoms in total. The van der Waals surface area contributed by atoms with Gasteiger partial charge in [-0.3, -0.25) is 9.59 Å². The van der Waals surface area contributed by atoms with Gasteiger partial charge in [0, 0.05) is 26.8 Å². The van der Waals surface area contributed by atoms with Gasteiger partial charge in [-0.2, -0.15) is 0 Å². The SMILES string of the molecule is COC(=O)C(CC(Sc1ccc(Cl)cc1)c1cn(S(=O)(=O)c2ccc(C)cc2)c2ccccc12)C(=O)OC. The molecule has 198 valence electrons. The fourth-order valence-electron chi connectivity index (χ4n) is 4.16. The highest BCUT2D eigenvalue weighted by Crippen LogP contribution is 2.44. The van der Waals surface area contributed by atoms with Crippen molar-refractivity contribution in [1.82, 2.24) is 3.97 Å². The summed E-state index contributed by atoms with van der Waals surface area (Å²) < 4.78 is 38.5. The number of fused-ring (bicyclic) bond motifs is 1. The van der Waals surface area contributed by atoms with E-state index in [1.54, 1.807) is 54.7 Å². The fraction of sp³-hybridized carbons (Fsp3) is 0.214. The number of carbonyl (C=O) groups excluding carboxylic acids is 2. The second-order valence-corrected chi connectivity index (χ2v) is 12.1.